The summed E-state index contributed by atoms with van der Waals surface area (Å²) in [6.07, 6.45) is 1.73. The summed E-state index contributed by atoms with van der Waals surface area (Å²) >= 11 is 9.68. The average Bonchev–Trinajstić information content (AvgIpc) is 3.15. The molecular weight excluding hydrogens is 478 g/mol. The van der Waals surface area contributed by atoms with Gasteiger partial charge in [0.15, 0.2) is 0 Å². The van der Waals surface area contributed by atoms with E-state index >= 15 is 0 Å². The molecule has 1 fully saturated rings. The maximum atomic E-state index is 12.9. The molecule has 7 heteroatoms. The number of aromatic nitrogens is 1. The first-order valence-corrected chi connectivity index (χ1v) is 11.0. The van der Waals surface area contributed by atoms with Gasteiger partial charge in [0.2, 0.25) is 0 Å². The summed E-state index contributed by atoms with van der Waals surface area (Å²) in [4.78, 5) is 26.6. The van der Waals surface area contributed by atoms with E-state index in [4.69, 9.17) is 11.6 Å². The Morgan fingerprint density at radius 3 is 2.42 bits per heavy atom. The number of carbonyl (C=O) groups excluding carboxylic acids is 2. The Balaban J connectivity index is 1.63. The molecule has 0 bridgehead atoms. The lowest BCUT2D eigenvalue weighted by atomic mass is 10.1. The summed E-state index contributed by atoms with van der Waals surface area (Å²) in [5.74, 6) is -0.331. The highest BCUT2D eigenvalue weighted by Crippen LogP contribution is 2.29. The van der Waals surface area contributed by atoms with Crippen LogP contribution in [-0.2, 0) is 11.3 Å². The largest absolute Gasteiger partial charge is 0.329 e. The number of hydrogen-bond donors (Lipinski definition) is 1. The molecule has 0 aliphatic carbocycles. The topological polar surface area (TPSA) is 54.3 Å². The lowest BCUT2D eigenvalue weighted by Gasteiger charge is -2.12. The number of nitrogens with one attached hydrogen (secondary N) is 1. The summed E-state index contributed by atoms with van der Waals surface area (Å²) < 4.78 is 2.89. The van der Waals surface area contributed by atoms with Crippen LogP contribution in [0.1, 0.15) is 28.1 Å². The molecule has 1 aromatic heterocycles. The van der Waals surface area contributed by atoms with Crippen LogP contribution in [0, 0.1) is 20.8 Å². The zero-order valence-corrected chi connectivity index (χ0v) is 19.7. The predicted octanol–water partition coefficient (Wildman–Crippen LogP) is 5.91. The van der Waals surface area contributed by atoms with Crippen molar-refractivity contribution in [3.63, 3.8) is 0 Å². The molecule has 0 atom stereocenters. The van der Waals surface area contributed by atoms with Crippen molar-refractivity contribution in [1.29, 1.82) is 0 Å². The van der Waals surface area contributed by atoms with Crippen molar-refractivity contribution < 1.29 is 9.59 Å². The Labute approximate surface area is 194 Å². The van der Waals surface area contributed by atoms with Gasteiger partial charge in [-0.25, -0.2) is 4.79 Å². The molecule has 158 valence electrons. The highest BCUT2D eigenvalue weighted by Gasteiger charge is 2.33. The van der Waals surface area contributed by atoms with Gasteiger partial charge in [-0.1, -0.05) is 41.4 Å². The second-order valence-corrected chi connectivity index (χ2v) is 8.89. The first kappa shape index (κ1) is 21.4. The summed E-state index contributed by atoms with van der Waals surface area (Å²) in [6.45, 7) is 6.19. The number of urea groups is 1. The Bertz CT molecular complexity index is 1230. The molecule has 1 aliphatic rings. The third-order valence-electron chi connectivity index (χ3n) is 5.36. The molecule has 0 radical (unpaired) electrons. The highest BCUT2D eigenvalue weighted by atomic mass is 79.9. The Morgan fingerprint density at radius 2 is 1.74 bits per heavy atom. The number of benzene rings is 2. The number of halogens is 2. The van der Waals surface area contributed by atoms with E-state index in [0.717, 1.165) is 38.2 Å². The molecule has 3 aromatic rings. The molecule has 2 aromatic carbocycles. The van der Waals surface area contributed by atoms with Gasteiger partial charge in [-0.15, -0.1) is 0 Å². The van der Waals surface area contributed by atoms with Crippen molar-refractivity contribution in [3.8, 4) is 5.69 Å². The van der Waals surface area contributed by atoms with Gasteiger partial charge >= 0.3 is 6.03 Å². The fourth-order valence-electron chi connectivity index (χ4n) is 3.70. The van der Waals surface area contributed by atoms with E-state index in [1.54, 1.807) is 6.08 Å². The van der Waals surface area contributed by atoms with Crippen molar-refractivity contribution in [3.05, 3.63) is 91.8 Å². The van der Waals surface area contributed by atoms with Crippen LogP contribution in [-0.4, -0.2) is 21.4 Å². The quantitative estimate of drug-likeness (QED) is 0.359. The molecule has 1 saturated heterocycles. The van der Waals surface area contributed by atoms with Crippen LogP contribution in [0.4, 0.5) is 4.79 Å². The maximum Gasteiger partial charge on any atom is 0.329 e. The Morgan fingerprint density at radius 1 is 1.03 bits per heavy atom. The van der Waals surface area contributed by atoms with Crippen molar-refractivity contribution in [2.45, 2.75) is 27.3 Å². The van der Waals surface area contributed by atoms with Gasteiger partial charge in [0, 0.05) is 21.5 Å². The minimum absolute atomic E-state index is 0.235. The van der Waals surface area contributed by atoms with Crippen LogP contribution in [0.5, 0.6) is 0 Å². The smallest absolute Gasteiger partial charge is 0.318 e. The minimum Gasteiger partial charge on any atom is -0.318 e. The molecule has 31 heavy (non-hydrogen) atoms. The molecule has 1 N–H and O–H groups in total. The lowest BCUT2D eigenvalue weighted by Crippen LogP contribution is -2.30. The van der Waals surface area contributed by atoms with E-state index in [1.165, 1.54) is 4.90 Å². The fourth-order valence-corrected chi connectivity index (χ4v) is 4.12. The molecule has 0 spiro atoms. The number of imide groups is 1. The van der Waals surface area contributed by atoms with Crippen molar-refractivity contribution in [2.24, 2.45) is 0 Å². The van der Waals surface area contributed by atoms with Gasteiger partial charge < -0.3 is 9.88 Å². The van der Waals surface area contributed by atoms with Crippen LogP contribution in [0.15, 0.2) is 58.7 Å². The number of carbonyl (C=O) groups is 2. The van der Waals surface area contributed by atoms with Crippen LogP contribution < -0.4 is 5.32 Å². The second-order valence-electron chi connectivity index (χ2n) is 7.63. The van der Waals surface area contributed by atoms with E-state index < -0.39 is 6.03 Å². The minimum atomic E-state index is -0.412. The molecule has 5 nitrogen and oxygen atoms in total. The number of rotatable bonds is 4. The van der Waals surface area contributed by atoms with Gasteiger partial charge in [-0.05, 0) is 78.2 Å². The summed E-state index contributed by atoms with van der Waals surface area (Å²) in [5.41, 5.74) is 6.03. The fraction of sp³-hybridized carbons (Fsp3) is 0.167. The molecule has 0 saturated carbocycles. The zero-order chi connectivity index (χ0) is 22.3. The standard InChI is InChI=1S/C24H21BrClN3O2/c1-14-4-6-17(7-5-14)13-28-23(30)22(27-24(28)31)11-18-10-15(2)29(16(18)3)19-8-9-20(25)21(26)12-19/h4-12H,13H2,1-3H3,(H,27,31)/b22-11+. The number of aryl methyl sites for hydroxylation is 2. The van der Waals surface area contributed by atoms with E-state index in [2.05, 4.69) is 25.8 Å². The third-order valence-corrected chi connectivity index (χ3v) is 6.59. The summed E-state index contributed by atoms with van der Waals surface area (Å²) in [7, 11) is 0. The number of nitrogens with zero attached hydrogens (tertiary/aromatic N) is 2. The zero-order valence-electron chi connectivity index (χ0n) is 17.4. The Kier molecular flexibility index (Phi) is 5.77. The normalized spacial score (nSPS) is 15.1. The van der Waals surface area contributed by atoms with E-state index in [9.17, 15) is 9.59 Å². The summed E-state index contributed by atoms with van der Waals surface area (Å²) in [6, 6.07) is 15.1. The van der Waals surface area contributed by atoms with Crippen molar-refractivity contribution in [2.75, 3.05) is 0 Å². The monoisotopic (exact) mass is 497 g/mol. The van der Waals surface area contributed by atoms with Gasteiger partial charge in [0.1, 0.15) is 5.70 Å². The van der Waals surface area contributed by atoms with Crippen LogP contribution in [0.25, 0.3) is 11.8 Å². The van der Waals surface area contributed by atoms with E-state index in [1.807, 2.05) is 69.3 Å². The van der Waals surface area contributed by atoms with Gasteiger partial charge in [-0.2, -0.15) is 0 Å². The predicted molar refractivity (Wildman–Crippen MR) is 126 cm³/mol. The van der Waals surface area contributed by atoms with E-state index in [0.29, 0.717) is 5.02 Å². The first-order valence-electron chi connectivity index (χ1n) is 9.79. The first-order chi connectivity index (χ1) is 14.7. The van der Waals surface area contributed by atoms with E-state index in [-0.39, 0.29) is 18.1 Å². The third kappa shape index (κ3) is 4.18. The SMILES string of the molecule is Cc1ccc(CN2C(=O)N/C(=C/c3cc(C)n(-c4ccc(Br)c(Cl)c4)c3C)C2=O)cc1. The van der Waals surface area contributed by atoms with Crippen LogP contribution in [0.2, 0.25) is 5.02 Å². The van der Waals surface area contributed by atoms with Gasteiger partial charge in [0.05, 0.1) is 11.6 Å². The maximum absolute atomic E-state index is 12.9. The molecule has 1 aliphatic heterocycles. The molecule has 4 rings (SSSR count). The number of amides is 3. The molecule has 0 unspecified atom stereocenters. The average molecular weight is 499 g/mol. The summed E-state index contributed by atoms with van der Waals surface area (Å²) in [5, 5.41) is 3.33. The van der Waals surface area contributed by atoms with Crippen LogP contribution in [0.3, 0.4) is 0 Å². The van der Waals surface area contributed by atoms with Gasteiger partial charge in [-0.3, -0.25) is 9.69 Å². The Hall–Kier alpha value is -2.83. The van der Waals surface area contributed by atoms with Crippen LogP contribution >= 0.6 is 27.5 Å². The number of hydrogen-bond acceptors (Lipinski definition) is 2. The second kappa shape index (κ2) is 8.36. The molecular formula is C24H21BrClN3O2. The lowest BCUT2D eigenvalue weighted by molar-refractivity contribution is -0.123. The molecule has 3 amide bonds. The van der Waals surface area contributed by atoms with Crippen molar-refractivity contribution in [1.82, 2.24) is 14.8 Å². The highest BCUT2D eigenvalue weighted by molar-refractivity contribution is 9.10. The van der Waals surface area contributed by atoms with Gasteiger partial charge in [0.25, 0.3) is 5.91 Å². The van der Waals surface area contributed by atoms with Crippen molar-refractivity contribution >= 4 is 45.5 Å². The molecule has 2 heterocycles.